The monoisotopic (exact) mass is 833 g/mol. The largest absolute Gasteiger partial charge is 0.466 e. The van der Waals surface area contributed by atoms with E-state index in [1.165, 1.54) is 84.2 Å². The zero-order chi connectivity index (χ0) is 44.0. The van der Waals surface area contributed by atoms with Crippen LogP contribution in [0.25, 0.3) is 0 Å². The molecule has 0 saturated heterocycles. The van der Waals surface area contributed by atoms with Gasteiger partial charge in [0.1, 0.15) is 17.3 Å². The quantitative estimate of drug-likeness (QED) is 0.0864. The molecule has 0 N–H and O–H groups in total. The zero-order valence-electron chi connectivity index (χ0n) is 39.1. The van der Waals surface area contributed by atoms with E-state index in [1.807, 2.05) is 0 Å². The van der Waals surface area contributed by atoms with Crippen LogP contribution in [0, 0.1) is 47.3 Å². The maximum absolute atomic E-state index is 12.3. The fourth-order valence-electron chi connectivity index (χ4n) is 10.4. The van der Waals surface area contributed by atoms with E-state index in [9.17, 15) is 28.8 Å². The first kappa shape index (κ1) is 51.4. The molecule has 0 spiro atoms. The lowest BCUT2D eigenvalue weighted by Gasteiger charge is -2.32. The highest BCUT2D eigenvalue weighted by molar-refractivity contribution is 6.12. The Bertz CT molecular complexity index is 1420. The van der Waals surface area contributed by atoms with Crippen LogP contribution in [0.1, 0.15) is 208 Å². The van der Waals surface area contributed by atoms with E-state index < -0.39 is 0 Å². The number of allylic oxidation sites excluding steroid dienone is 5. The average Bonchev–Trinajstić information content (AvgIpc) is 3.39. The summed E-state index contributed by atoms with van der Waals surface area (Å²) >= 11 is 0. The molecule has 2 fully saturated rings. The summed E-state index contributed by atoms with van der Waals surface area (Å²) in [5.41, 5.74) is 2.72. The van der Waals surface area contributed by atoms with E-state index in [0.29, 0.717) is 55.1 Å². The van der Waals surface area contributed by atoms with E-state index in [1.54, 1.807) is 0 Å². The van der Waals surface area contributed by atoms with Gasteiger partial charge in [-0.15, -0.1) is 0 Å². The van der Waals surface area contributed by atoms with Gasteiger partial charge in [-0.3, -0.25) is 24.0 Å². The van der Waals surface area contributed by atoms with Crippen molar-refractivity contribution in [2.45, 2.75) is 208 Å². The van der Waals surface area contributed by atoms with Gasteiger partial charge in [0.2, 0.25) is 0 Å². The molecule has 0 amide bonds. The third-order valence-electron chi connectivity index (χ3n) is 14.3. The van der Waals surface area contributed by atoms with Crippen molar-refractivity contribution in [2.75, 3.05) is 7.11 Å². The summed E-state index contributed by atoms with van der Waals surface area (Å²) in [4.78, 5) is 72.8. The minimum absolute atomic E-state index is 0.139. The number of rotatable bonds is 16. The number of carbonyl (C=O) groups is 6. The number of unbranched alkanes of at least 4 members (excludes halogenated alkanes) is 9. The lowest BCUT2D eigenvalue weighted by atomic mass is 9.70. The van der Waals surface area contributed by atoms with Crippen molar-refractivity contribution in [3.05, 3.63) is 34.9 Å². The highest BCUT2D eigenvalue weighted by Crippen LogP contribution is 2.41. The Morgan fingerprint density at radius 1 is 0.533 bits per heavy atom. The molecule has 7 heteroatoms. The number of hydrogen-bond donors (Lipinski definition) is 0. The summed E-state index contributed by atoms with van der Waals surface area (Å²) in [6.45, 7) is 13.0. The Balaban J connectivity index is 0.000000241. The van der Waals surface area contributed by atoms with E-state index in [-0.39, 0.29) is 52.8 Å². The number of ether oxygens (including phenoxy) is 1. The van der Waals surface area contributed by atoms with Crippen LogP contribution in [0.2, 0.25) is 0 Å². The minimum Gasteiger partial charge on any atom is -0.466 e. The van der Waals surface area contributed by atoms with E-state index >= 15 is 0 Å². The van der Waals surface area contributed by atoms with Gasteiger partial charge in [-0.2, -0.15) is 0 Å². The molecule has 0 heterocycles. The molecule has 0 aromatic carbocycles. The molecule has 5 rings (SSSR count). The molecule has 2 saturated carbocycles. The molecular weight excluding hydrogens is 749 g/mol. The molecule has 0 aliphatic heterocycles. The Morgan fingerprint density at radius 3 is 1.40 bits per heavy atom. The van der Waals surface area contributed by atoms with Crippen molar-refractivity contribution in [1.82, 2.24) is 0 Å². The topological polar surface area (TPSA) is 112 Å². The standard InChI is InChI=1S/C19H32O3.2C17H26O2/c1-4-5-6-7-10-16-14-17(19(21)22-3)11-8-9-12-18(20)13-15(16)2;2*1-3-4-5-6-8-13-11-14-9-7-10-15(18)16(12(13)2)17(14)19/h14-16H,4-13H2,1-3H3;2*11-13,16H,3-10H2,1-2H3/b17-14-;;. The predicted molar refractivity (Wildman–Crippen MR) is 243 cm³/mol. The first-order valence-corrected chi connectivity index (χ1v) is 24.7. The van der Waals surface area contributed by atoms with Crippen molar-refractivity contribution < 1.29 is 33.5 Å². The molecule has 0 aromatic heterocycles. The second kappa shape index (κ2) is 27.9. The summed E-state index contributed by atoms with van der Waals surface area (Å²) in [6, 6.07) is 0. The first-order valence-electron chi connectivity index (χ1n) is 24.7. The van der Waals surface area contributed by atoms with Crippen LogP contribution >= 0.6 is 0 Å². The summed E-state index contributed by atoms with van der Waals surface area (Å²) in [5.74, 6) is 2.13. The van der Waals surface area contributed by atoms with Gasteiger partial charge in [0.05, 0.1) is 18.9 Å². The number of hydrogen-bond acceptors (Lipinski definition) is 7. The van der Waals surface area contributed by atoms with Crippen molar-refractivity contribution in [3.63, 3.8) is 0 Å². The zero-order valence-corrected chi connectivity index (χ0v) is 39.1. The molecule has 0 radical (unpaired) electrons. The fourth-order valence-corrected chi connectivity index (χ4v) is 10.4. The second-order valence-corrected chi connectivity index (χ2v) is 19.1. The normalized spacial score (nSPS) is 29.2. The van der Waals surface area contributed by atoms with Gasteiger partial charge in [0, 0.05) is 31.3 Å². The fraction of sp³-hybridized carbons (Fsp3) is 0.774. The van der Waals surface area contributed by atoms with Crippen LogP contribution in [0.4, 0.5) is 0 Å². The van der Waals surface area contributed by atoms with Gasteiger partial charge in [-0.05, 0) is 111 Å². The van der Waals surface area contributed by atoms with Crippen LogP contribution in [0.5, 0.6) is 0 Å². The molecule has 5 aliphatic rings. The van der Waals surface area contributed by atoms with Gasteiger partial charge in [0.15, 0.2) is 11.6 Å². The van der Waals surface area contributed by atoms with E-state index in [2.05, 4.69) is 59.8 Å². The second-order valence-electron chi connectivity index (χ2n) is 19.1. The van der Waals surface area contributed by atoms with Crippen molar-refractivity contribution in [3.8, 4) is 0 Å². The lowest BCUT2D eigenvalue weighted by molar-refractivity contribution is -0.136. The minimum atomic E-state index is -0.321. The number of carbonyl (C=O) groups excluding carboxylic acids is 6. The summed E-state index contributed by atoms with van der Waals surface area (Å²) < 4.78 is 4.93. The molecule has 8 unspecified atom stereocenters. The number of esters is 1. The Labute approximate surface area is 365 Å². The van der Waals surface area contributed by atoms with Crippen molar-refractivity contribution in [2.24, 2.45) is 47.3 Å². The van der Waals surface area contributed by atoms with Crippen LogP contribution < -0.4 is 0 Å². The lowest BCUT2D eigenvalue weighted by Crippen LogP contribution is -2.36. The number of Topliss-reactive ketones (excluding diaryl/α,β-unsaturated/α-hetero) is 5. The summed E-state index contributed by atoms with van der Waals surface area (Å²) in [5, 5.41) is 0. The van der Waals surface area contributed by atoms with Crippen LogP contribution in [0.15, 0.2) is 34.9 Å². The molecule has 338 valence electrons. The maximum Gasteiger partial charge on any atom is 0.333 e. The number of methoxy groups -OCH3 is 1. The highest BCUT2D eigenvalue weighted by Gasteiger charge is 2.43. The van der Waals surface area contributed by atoms with Crippen molar-refractivity contribution in [1.29, 1.82) is 0 Å². The van der Waals surface area contributed by atoms with Crippen LogP contribution in [-0.4, -0.2) is 42.0 Å². The molecule has 7 nitrogen and oxygen atoms in total. The summed E-state index contributed by atoms with van der Waals surface area (Å²) in [7, 11) is 1.45. The Kier molecular flexibility index (Phi) is 23.9. The van der Waals surface area contributed by atoms with Gasteiger partial charge in [-0.1, -0.05) is 137 Å². The molecular formula is C53H84O7. The van der Waals surface area contributed by atoms with Crippen LogP contribution in [-0.2, 0) is 33.5 Å². The SMILES string of the molecule is CCCCCCC1/C=C(\C(=O)OC)CCCCC(=O)CC1C.CCCCCCC1C=C2CCCC(=O)C(C2=O)C1C.CCCCCCC1C=C2CCCC(=O)C(C2=O)C1C. The van der Waals surface area contributed by atoms with Crippen molar-refractivity contribution >= 4 is 34.9 Å². The van der Waals surface area contributed by atoms with E-state index in [4.69, 9.17) is 4.74 Å². The molecule has 4 bridgehead atoms. The maximum atomic E-state index is 12.3. The van der Waals surface area contributed by atoms with Crippen LogP contribution in [0.3, 0.4) is 0 Å². The highest BCUT2D eigenvalue weighted by atomic mass is 16.5. The Hall–Kier alpha value is -2.96. The summed E-state index contributed by atoms with van der Waals surface area (Å²) in [6.07, 6.45) is 33.2. The number of fused-ring (bicyclic) bond motifs is 4. The average molecular weight is 833 g/mol. The first-order chi connectivity index (χ1) is 28.9. The number of ketones is 5. The van der Waals surface area contributed by atoms with Gasteiger partial charge in [-0.25, -0.2) is 4.79 Å². The van der Waals surface area contributed by atoms with Gasteiger partial charge in [0.25, 0.3) is 0 Å². The third-order valence-corrected chi connectivity index (χ3v) is 14.3. The Morgan fingerprint density at radius 2 is 0.967 bits per heavy atom. The molecule has 5 aliphatic carbocycles. The molecule has 0 aromatic rings. The van der Waals surface area contributed by atoms with Gasteiger partial charge >= 0.3 is 5.97 Å². The smallest absolute Gasteiger partial charge is 0.333 e. The molecule has 8 atom stereocenters. The van der Waals surface area contributed by atoms with Gasteiger partial charge < -0.3 is 4.74 Å². The van der Waals surface area contributed by atoms with E-state index in [0.717, 1.165) is 80.9 Å². The third kappa shape index (κ3) is 16.1. The predicted octanol–water partition coefficient (Wildman–Crippen LogP) is 13.0. The molecule has 60 heavy (non-hydrogen) atoms.